The van der Waals surface area contributed by atoms with Crippen molar-refractivity contribution in [2.45, 2.75) is 0 Å². The van der Waals surface area contributed by atoms with Crippen LogP contribution >= 0.6 is 0 Å². The van der Waals surface area contributed by atoms with Gasteiger partial charge >= 0.3 is 35.7 Å². The molecule has 0 N–H and O–H groups in total. The van der Waals surface area contributed by atoms with Gasteiger partial charge < -0.3 is 0 Å². The van der Waals surface area contributed by atoms with Crippen LogP contribution in [0.25, 0.3) is 0 Å². The predicted octanol–water partition coefficient (Wildman–Crippen LogP) is 1.83. The van der Waals surface area contributed by atoms with Gasteiger partial charge in [-0.1, -0.05) is 36.4 Å². The maximum absolute atomic E-state index is 3.81. The van der Waals surface area contributed by atoms with Gasteiger partial charge in [0.25, 0.3) is 0 Å². The minimum absolute atomic E-state index is 0.597. The first-order chi connectivity index (χ1) is 5.50. The SMILES string of the molecule is c1c[se]cn1.c1ccccc1. The number of hydrogen-bond donors (Lipinski definition) is 0. The van der Waals surface area contributed by atoms with Gasteiger partial charge in [0, 0.05) is 0 Å². The van der Waals surface area contributed by atoms with Crippen LogP contribution in [0.1, 0.15) is 0 Å². The summed E-state index contributed by atoms with van der Waals surface area (Å²) in [6.07, 6.45) is 1.83. The standard InChI is InChI=1S/C6H6.C3H3NSe/c1-2-4-6-5-3-1;1-2-5-3-4-1/h1-6H;1-3H. The topological polar surface area (TPSA) is 12.9 Å². The van der Waals surface area contributed by atoms with Crippen LogP contribution in [0.2, 0.25) is 0 Å². The zero-order valence-corrected chi connectivity index (χ0v) is 7.76. The summed E-state index contributed by atoms with van der Waals surface area (Å²) in [5.41, 5.74) is 0. The van der Waals surface area contributed by atoms with Crippen molar-refractivity contribution in [2.75, 3.05) is 0 Å². The molecular weight excluding hydrogens is 201 g/mol. The Bertz CT molecular complexity index is 195. The van der Waals surface area contributed by atoms with E-state index in [4.69, 9.17) is 0 Å². The van der Waals surface area contributed by atoms with E-state index in [-0.39, 0.29) is 0 Å². The summed E-state index contributed by atoms with van der Waals surface area (Å²) >= 11 is 0.597. The van der Waals surface area contributed by atoms with E-state index < -0.39 is 0 Å². The van der Waals surface area contributed by atoms with Gasteiger partial charge in [0.1, 0.15) is 0 Å². The third-order valence-electron chi connectivity index (χ3n) is 1.01. The summed E-state index contributed by atoms with van der Waals surface area (Å²) in [6.45, 7) is 0. The fourth-order valence-corrected chi connectivity index (χ4v) is 1.30. The quantitative estimate of drug-likeness (QED) is 0.604. The fourth-order valence-electron chi connectivity index (χ4n) is 0.561. The van der Waals surface area contributed by atoms with Crippen molar-refractivity contribution in [3.05, 3.63) is 52.6 Å². The van der Waals surface area contributed by atoms with E-state index in [0.717, 1.165) is 0 Å². The van der Waals surface area contributed by atoms with Gasteiger partial charge in [-0.3, -0.25) is 0 Å². The molecule has 11 heavy (non-hydrogen) atoms. The monoisotopic (exact) mass is 211 g/mol. The van der Waals surface area contributed by atoms with E-state index >= 15 is 0 Å². The first kappa shape index (κ1) is 8.25. The summed E-state index contributed by atoms with van der Waals surface area (Å²) in [5.74, 6) is 0. The predicted molar refractivity (Wildman–Crippen MR) is 47.6 cm³/mol. The molecule has 0 unspecified atom stereocenters. The molecule has 0 aliphatic rings. The van der Waals surface area contributed by atoms with Crippen LogP contribution in [0.3, 0.4) is 0 Å². The molecule has 0 amide bonds. The van der Waals surface area contributed by atoms with E-state index in [2.05, 4.69) is 9.92 Å². The first-order valence-corrected chi connectivity index (χ1v) is 5.30. The van der Waals surface area contributed by atoms with Gasteiger partial charge in [-0.05, 0) is 0 Å². The van der Waals surface area contributed by atoms with Crippen LogP contribution in [0.5, 0.6) is 0 Å². The van der Waals surface area contributed by atoms with Gasteiger partial charge in [-0.15, -0.1) is 0 Å². The largest absolute Gasteiger partial charge is 0.0623 e. The average Bonchev–Trinajstić information content (AvgIpc) is 2.64. The van der Waals surface area contributed by atoms with E-state index in [0.29, 0.717) is 14.5 Å². The average molecular weight is 210 g/mol. The van der Waals surface area contributed by atoms with Gasteiger partial charge in [-0.25, -0.2) is 0 Å². The van der Waals surface area contributed by atoms with Crippen molar-refractivity contribution in [3.63, 3.8) is 0 Å². The van der Waals surface area contributed by atoms with Gasteiger partial charge in [0.05, 0.1) is 0 Å². The number of benzene rings is 1. The normalized spacial score (nSPS) is 8.00. The third-order valence-corrected chi connectivity index (χ3v) is 2.11. The van der Waals surface area contributed by atoms with Crippen molar-refractivity contribution in [2.24, 2.45) is 0 Å². The molecule has 0 aliphatic carbocycles. The molecule has 2 rings (SSSR count). The van der Waals surface area contributed by atoms with Crippen LogP contribution in [-0.4, -0.2) is 19.5 Å². The van der Waals surface area contributed by atoms with Crippen molar-refractivity contribution in [1.82, 2.24) is 4.98 Å². The maximum atomic E-state index is 3.81. The summed E-state index contributed by atoms with van der Waals surface area (Å²) in [6, 6.07) is 12.0. The van der Waals surface area contributed by atoms with E-state index in [1.807, 2.05) is 47.7 Å². The molecular formula is C9H9NSe. The summed E-state index contributed by atoms with van der Waals surface area (Å²) in [5, 5.41) is 1.94. The molecule has 0 radical (unpaired) electrons. The van der Waals surface area contributed by atoms with Crippen LogP contribution < -0.4 is 0 Å². The van der Waals surface area contributed by atoms with Crippen molar-refractivity contribution in [1.29, 1.82) is 0 Å². The van der Waals surface area contributed by atoms with Crippen LogP contribution in [0.15, 0.2) is 52.6 Å². The Kier molecular flexibility index (Phi) is 4.42. The second kappa shape index (κ2) is 5.90. The molecule has 2 heteroatoms. The summed E-state index contributed by atoms with van der Waals surface area (Å²) < 4.78 is 0. The molecule has 0 atom stereocenters. The third kappa shape index (κ3) is 4.54. The Balaban J connectivity index is 0.000000112. The minimum atomic E-state index is 0.597. The molecule has 1 aromatic heterocycles. The Labute approximate surface area is 72.5 Å². The molecule has 56 valence electrons. The second-order valence-electron chi connectivity index (χ2n) is 1.83. The Morgan fingerprint density at radius 3 is 1.55 bits per heavy atom. The summed E-state index contributed by atoms with van der Waals surface area (Å²) in [7, 11) is 0. The van der Waals surface area contributed by atoms with Crippen molar-refractivity contribution >= 4 is 14.5 Å². The zero-order valence-electron chi connectivity index (χ0n) is 6.05. The zero-order chi connectivity index (χ0) is 7.78. The number of rotatable bonds is 0. The van der Waals surface area contributed by atoms with Gasteiger partial charge in [0.15, 0.2) is 0 Å². The molecule has 0 saturated carbocycles. The van der Waals surface area contributed by atoms with E-state index in [1.54, 1.807) is 0 Å². The molecule has 0 spiro atoms. The molecule has 1 heterocycles. The molecule has 1 aromatic carbocycles. The first-order valence-electron chi connectivity index (χ1n) is 3.32. The second-order valence-corrected chi connectivity index (χ2v) is 3.41. The molecule has 0 fully saturated rings. The van der Waals surface area contributed by atoms with Gasteiger partial charge in [-0.2, -0.15) is 0 Å². The van der Waals surface area contributed by atoms with Crippen LogP contribution in [0.4, 0.5) is 0 Å². The number of aromatic nitrogens is 1. The maximum Gasteiger partial charge on any atom is -0.0623 e. The number of hydrogen-bond acceptors (Lipinski definition) is 1. The molecule has 0 aliphatic heterocycles. The Morgan fingerprint density at radius 1 is 0.818 bits per heavy atom. The van der Waals surface area contributed by atoms with Crippen LogP contribution in [0, 0.1) is 0 Å². The molecule has 2 aromatic rings. The smallest absolute Gasteiger partial charge is 0.0623 e. The molecule has 1 nitrogen and oxygen atoms in total. The Morgan fingerprint density at radius 2 is 1.36 bits per heavy atom. The number of nitrogens with zero attached hydrogens (tertiary/aromatic N) is 1. The van der Waals surface area contributed by atoms with E-state index in [9.17, 15) is 0 Å². The molecule has 0 bridgehead atoms. The van der Waals surface area contributed by atoms with Crippen LogP contribution in [-0.2, 0) is 0 Å². The van der Waals surface area contributed by atoms with E-state index in [1.165, 1.54) is 0 Å². The summed E-state index contributed by atoms with van der Waals surface area (Å²) in [4.78, 5) is 5.88. The van der Waals surface area contributed by atoms with Crippen molar-refractivity contribution in [3.8, 4) is 0 Å². The molecule has 0 saturated heterocycles. The fraction of sp³-hybridized carbons (Fsp3) is 0. The van der Waals surface area contributed by atoms with Crippen molar-refractivity contribution < 1.29 is 0 Å². The Hall–Kier alpha value is -0.851. The van der Waals surface area contributed by atoms with Gasteiger partial charge in [0.2, 0.25) is 0 Å². The minimum Gasteiger partial charge on any atom is -0.0623 e.